The van der Waals surface area contributed by atoms with Gasteiger partial charge in [-0.2, -0.15) is 0 Å². The fourth-order valence-corrected chi connectivity index (χ4v) is 1.84. The summed E-state index contributed by atoms with van der Waals surface area (Å²) in [7, 11) is 0. The second kappa shape index (κ2) is 6.24. The largest absolute Gasteiger partial charge is 0.467 e. The maximum atomic E-state index is 5.94. The van der Waals surface area contributed by atoms with Crippen molar-refractivity contribution in [2.45, 2.75) is 19.3 Å². The Balaban J connectivity index is 1.84. The van der Waals surface area contributed by atoms with E-state index in [2.05, 4.69) is 0 Å². The van der Waals surface area contributed by atoms with Crippen LogP contribution in [0, 0.1) is 5.92 Å². The first-order chi connectivity index (χ1) is 8.29. The molecule has 1 fully saturated rings. The average Bonchev–Trinajstić information content (AvgIpc) is 3.11. The first kappa shape index (κ1) is 12.7. The van der Waals surface area contributed by atoms with Crippen LogP contribution >= 0.6 is 11.6 Å². The van der Waals surface area contributed by atoms with Gasteiger partial charge < -0.3 is 15.2 Å². The highest BCUT2D eigenvalue weighted by Gasteiger charge is 2.21. The van der Waals surface area contributed by atoms with E-state index in [0.717, 1.165) is 30.3 Å². The average molecular weight is 256 g/mol. The van der Waals surface area contributed by atoms with Crippen LogP contribution in [-0.4, -0.2) is 19.9 Å². The van der Waals surface area contributed by atoms with Gasteiger partial charge in [0.1, 0.15) is 5.75 Å². The van der Waals surface area contributed by atoms with Gasteiger partial charge in [0.25, 0.3) is 0 Å². The van der Waals surface area contributed by atoms with Gasteiger partial charge in [-0.25, -0.2) is 0 Å². The number of benzene rings is 1. The highest BCUT2D eigenvalue weighted by atomic mass is 35.5. The lowest BCUT2D eigenvalue weighted by atomic mass is 10.1. The van der Waals surface area contributed by atoms with E-state index in [-0.39, 0.29) is 0 Å². The molecule has 0 atom stereocenters. The Hall–Kier alpha value is -0.770. The minimum absolute atomic E-state index is 0.301. The maximum Gasteiger partial charge on any atom is 0.189 e. The zero-order valence-electron chi connectivity index (χ0n) is 9.82. The van der Waals surface area contributed by atoms with Crippen LogP contribution < -0.4 is 10.5 Å². The number of halogens is 1. The molecular weight excluding hydrogens is 238 g/mol. The highest BCUT2D eigenvalue weighted by molar-refractivity contribution is 6.30. The Kier molecular flexibility index (Phi) is 4.66. The molecule has 94 valence electrons. The van der Waals surface area contributed by atoms with Crippen molar-refractivity contribution in [1.82, 2.24) is 0 Å². The highest BCUT2D eigenvalue weighted by Crippen LogP contribution is 2.29. The molecule has 0 saturated heterocycles. The Labute approximate surface area is 107 Å². The van der Waals surface area contributed by atoms with Crippen LogP contribution in [0.2, 0.25) is 5.02 Å². The van der Waals surface area contributed by atoms with Crippen LogP contribution in [0.15, 0.2) is 18.2 Å². The van der Waals surface area contributed by atoms with Crippen molar-refractivity contribution in [3.63, 3.8) is 0 Å². The number of ether oxygens (including phenoxy) is 2. The summed E-state index contributed by atoms with van der Waals surface area (Å²) in [6.07, 6.45) is 3.34. The van der Waals surface area contributed by atoms with Crippen LogP contribution in [0.1, 0.15) is 18.4 Å². The lowest BCUT2D eigenvalue weighted by Crippen LogP contribution is -2.08. The predicted molar refractivity (Wildman–Crippen MR) is 68.4 cm³/mol. The molecule has 2 rings (SSSR count). The third-order valence-electron chi connectivity index (χ3n) is 2.78. The van der Waals surface area contributed by atoms with Gasteiger partial charge in [-0.15, -0.1) is 0 Å². The molecule has 0 heterocycles. The van der Waals surface area contributed by atoms with E-state index in [1.165, 1.54) is 12.8 Å². The third-order valence-corrected chi connectivity index (χ3v) is 3.02. The molecule has 2 N–H and O–H groups in total. The molecule has 0 bridgehead atoms. The van der Waals surface area contributed by atoms with Gasteiger partial charge in [-0.05, 0) is 55.5 Å². The summed E-state index contributed by atoms with van der Waals surface area (Å²) in [5, 5.41) is 0.708. The number of nitrogens with two attached hydrogens (primary N) is 1. The van der Waals surface area contributed by atoms with Gasteiger partial charge >= 0.3 is 0 Å². The molecule has 1 aliphatic rings. The molecule has 0 radical (unpaired) electrons. The predicted octanol–water partition coefficient (Wildman–Crippen LogP) is 2.60. The van der Waals surface area contributed by atoms with E-state index < -0.39 is 0 Å². The summed E-state index contributed by atoms with van der Waals surface area (Å²) in [6.45, 7) is 1.69. The van der Waals surface area contributed by atoms with Crippen molar-refractivity contribution in [3.05, 3.63) is 28.8 Å². The standard InChI is InChI=1S/C13H18ClNO2/c14-12-3-4-13(11(7-12)5-6-15)17-9-16-8-10-1-2-10/h3-4,7,10H,1-2,5-6,8-9,15H2. The molecule has 0 spiro atoms. The molecule has 17 heavy (non-hydrogen) atoms. The Morgan fingerprint density at radius 2 is 2.18 bits per heavy atom. The minimum atomic E-state index is 0.301. The fraction of sp³-hybridized carbons (Fsp3) is 0.538. The zero-order chi connectivity index (χ0) is 12.1. The van der Waals surface area contributed by atoms with Gasteiger partial charge in [-0.3, -0.25) is 0 Å². The molecule has 1 aliphatic carbocycles. The van der Waals surface area contributed by atoms with Gasteiger partial charge in [0.2, 0.25) is 0 Å². The number of hydrogen-bond donors (Lipinski definition) is 1. The van der Waals surface area contributed by atoms with Crippen LogP contribution in [0.25, 0.3) is 0 Å². The molecule has 1 aromatic rings. The van der Waals surface area contributed by atoms with Crippen molar-refractivity contribution < 1.29 is 9.47 Å². The first-order valence-electron chi connectivity index (χ1n) is 5.98. The molecule has 0 aliphatic heterocycles. The van der Waals surface area contributed by atoms with Gasteiger partial charge in [0, 0.05) is 5.02 Å². The first-order valence-corrected chi connectivity index (χ1v) is 6.36. The lowest BCUT2D eigenvalue weighted by Gasteiger charge is -2.11. The lowest BCUT2D eigenvalue weighted by molar-refractivity contribution is 0.00948. The van der Waals surface area contributed by atoms with E-state index in [4.69, 9.17) is 26.8 Å². The minimum Gasteiger partial charge on any atom is -0.467 e. The van der Waals surface area contributed by atoms with Gasteiger partial charge in [0.05, 0.1) is 6.61 Å². The molecule has 1 saturated carbocycles. The quantitative estimate of drug-likeness (QED) is 0.602. The van der Waals surface area contributed by atoms with Crippen LogP contribution in [0.4, 0.5) is 0 Å². The summed E-state index contributed by atoms with van der Waals surface area (Å²) in [5.74, 6) is 1.57. The smallest absolute Gasteiger partial charge is 0.189 e. The summed E-state index contributed by atoms with van der Waals surface area (Å²) in [6, 6.07) is 5.58. The van der Waals surface area contributed by atoms with E-state index in [9.17, 15) is 0 Å². The molecule has 1 aromatic carbocycles. The van der Waals surface area contributed by atoms with Crippen molar-refractivity contribution in [1.29, 1.82) is 0 Å². The van der Waals surface area contributed by atoms with Crippen LogP contribution in [0.3, 0.4) is 0 Å². The molecule has 4 heteroatoms. The number of hydrogen-bond acceptors (Lipinski definition) is 3. The molecule has 0 amide bonds. The normalized spacial score (nSPS) is 14.9. The van der Waals surface area contributed by atoms with Crippen molar-refractivity contribution in [3.8, 4) is 5.75 Å². The van der Waals surface area contributed by atoms with Gasteiger partial charge in [-0.1, -0.05) is 11.6 Å². The monoisotopic (exact) mass is 255 g/mol. The second-order valence-electron chi connectivity index (χ2n) is 4.37. The molecule has 0 aromatic heterocycles. The molecule has 0 unspecified atom stereocenters. The number of rotatable bonds is 7. The van der Waals surface area contributed by atoms with E-state index in [0.29, 0.717) is 18.4 Å². The third kappa shape index (κ3) is 4.19. The maximum absolute atomic E-state index is 5.94. The topological polar surface area (TPSA) is 44.5 Å². The zero-order valence-corrected chi connectivity index (χ0v) is 10.6. The fourth-order valence-electron chi connectivity index (χ4n) is 1.64. The SMILES string of the molecule is NCCc1cc(Cl)ccc1OCOCC1CC1. The van der Waals surface area contributed by atoms with E-state index in [1.807, 2.05) is 18.2 Å². The Morgan fingerprint density at radius 1 is 1.35 bits per heavy atom. The second-order valence-corrected chi connectivity index (χ2v) is 4.80. The summed E-state index contributed by atoms with van der Waals surface area (Å²) in [4.78, 5) is 0. The van der Waals surface area contributed by atoms with Crippen molar-refractivity contribution in [2.75, 3.05) is 19.9 Å². The van der Waals surface area contributed by atoms with Crippen LogP contribution in [0.5, 0.6) is 5.75 Å². The summed E-state index contributed by atoms with van der Waals surface area (Å²) >= 11 is 5.94. The molecule has 3 nitrogen and oxygen atoms in total. The summed E-state index contributed by atoms with van der Waals surface area (Å²) < 4.78 is 11.0. The van der Waals surface area contributed by atoms with Crippen LogP contribution in [-0.2, 0) is 11.2 Å². The van der Waals surface area contributed by atoms with E-state index in [1.54, 1.807) is 0 Å². The Bertz CT molecular complexity index is 366. The van der Waals surface area contributed by atoms with E-state index >= 15 is 0 Å². The van der Waals surface area contributed by atoms with Crippen molar-refractivity contribution in [2.24, 2.45) is 11.7 Å². The summed E-state index contributed by atoms with van der Waals surface area (Å²) in [5.41, 5.74) is 6.59. The van der Waals surface area contributed by atoms with Gasteiger partial charge in [0.15, 0.2) is 6.79 Å². The van der Waals surface area contributed by atoms with Crippen molar-refractivity contribution >= 4 is 11.6 Å². The molecular formula is C13H18ClNO2. The Morgan fingerprint density at radius 3 is 2.88 bits per heavy atom.